The highest BCUT2D eigenvalue weighted by molar-refractivity contribution is 5.81. The number of nitrogens with one attached hydrogen (secondary N) is 1. The number of amides is 2. The van der Waals surface area contributed by atoms with E-state index >= 15 is 0 Å². The molecular weight excluding hydrogens is 256 g/mol. The molecule has 2 amide bonds. The summed E-state index contributed by atoms with van der Waals surface area (Å²) in [5.41, 5.74) is 0. The summed E-state index contributed by atoms with van der Waals surface area (Å²) in [5, 5.41) is 3.27. The fraction of sp³-hybridized carbons (Fsp3) is 0.857. The Morgan fingerprint density at radius 3 is 2.20 bits per heavy atom. The van der Waals surface area contributed by atoms with Gasteiger partial charge in [0.15, 0.2) is 0 Å². The van der Waals surface area contributed by atoms with Crippen molar-refractivity contribution in [1.82, 2.24) is 20.0 Å². The van der Waals surface area contributed by atoms with Crippen LogP contribution in [0, 0.1) is 11.8 Å². The van der Waals surface area contributed by atoms with E-state index in [1.54, 1.807) is 0 Å². The van der Waals surface area contributed by atoms with E-state index in [1.807, 2.05) is 28.8 Å². The summed E-state index contributed by atoms with van der Waals surface area (Å²) in [5.74, 6) is 0.926. The minimum absolute atomic E-state index is 0.110. The summed E-state index contributed by atoms with van der Waals surface area (Å²) in [7, 11) is 3.79. The van der Waals surface area contributed by atoms with Gasteiger partial charge in [0.05, 0.1) is 12.5 Å². The van der Waals surface area contributed by atoms with Gasteiger partial charge in [-0.25, -0.2) is 0 Å². The number of carbonyl (C=O) groups is 2. The lowest BCUT2D eigenvalue weighted by molar-refractivity contribution is -0.142. The molecule has 2 aliphatic heterocycles. The molecule has 2 atom stereocenters. The fourth-order valence-electron chi connectivity index (χ4n) is 2.92. The van der Waals surface area contributed by atoms with Gasteiger partial charge in [-0.2, -0.15) is 0 Å². The van der Waals surface area contributed by atoms with Crippen molar-refractivity contribution in [2.75, 3.05) is 59.9 Å². The molecule has 0 aromatic heterocycles. The standard InChI is InChI=1S/C14H26N4O2/c1-11-8-15-9-12(11)14(20)18-6-4-17(5-7-18)13(19)10-16(2)3/h11-12,15H,4-10H2,1-3H3/t11-,12-/m1/s1. The van der Waals surface area contributed by atoms with Gasteiger partial charge in [0, 0.05) is 32.7 Å². The zero-order valence-electron chi connectivity index (χ0n) is 12.8. The third kappa shape index (κ3) is 3.49. The van der Waals surface area contributed by atoms with Gasteiger partial charge >= 0.3 is 0 Å². The maximum atomic E-state index is 12.4. The van der Waals surface area contributed by atoms with Gasteiger partial charge in [-0.05, 0) is 26.6 Å². The molecule has 2 heterocycles. The van der Waals surface area contributed by atoms with Crippen molar-refractivity contribution in [1.29, 1.82) is 0 Å². The largest absolute Gasteiger partial charge is 0.339 e. The van der Waals surface area contributed by atoms with Crippen molar-refractivity contribution < 1.29 is 9.59 Å². The smallest absolute Gasteiger partial charge is 0.236 e. The second-order valence-corrected chi connectivity index (χ2v) is 6.19. The van der Waals surface area contributed by atoms with Crippen molar-refractivity contribution in [2.45, 2.75) is 6.92 Å². The van der Waals surface area contributed by atoms with E-state index in [0.29, 0.717) is 38.6 Å². The summed E-state index contributed by atoms with van der Waals surface area (Å²) in [4.78, 5) is 30.1. The van der Waals surface area contributed by atoms with E-state index in [4.69, 9.17) is 0 Å². The van der Waals surface area contributed by atoms with Gasteiger partial charge in [-0.1, -0.05) is 6.92 Å². The average Bonchev–Trinajstić information content (AvgIpc) is 2.83. The van der Waals surface area contributed by atoms with E-state index in [9.17, 15) is 9.59 Å². The first kappa shape index (κ1) is 15.3. The predicted octanol–water partition coefficient (Wildman–Crippen LogP) is -0.926. The Kier molecular flexibility index (Phi) is 4.99. The van der Waals surface area contributed by atoms with Crippen LogP contribution in [-0.4, -0.2) is 86.4 Å². The molecule has 1 N–H and O–H groups in total. The monoisotopic (exact) mass is 282 g/mol. The van der Waals surface area contributed by atoms with Crippen LogP contribution >= 0.6 is 0 Å². The number of carbonyl (C=O) groups excluding carboxylic acids is 2. The van der Waals surface area contributed by atoms with Crippen LogP contribution in [0.5, 0.6) is 0 Å². The Labute approximate surface area is 121 Å². The third-order valence-corrected chi connectivity index (χ3v) is 4.23. The molecule has 0 aromatic rings. The van der Waals surface area contributed by atoms with Gasteiger partial charge in [0.1, 0.15) is 0 Å². The lowest BCUT2D eigenvalue weighted by Crippen LogP contribution is -2.53. The normalized spacial score (nSPS) is 27.2. The Morgan fingerprint density at radius 1 is 1.10 bits per heavy atom. The van der Waals surface area contributed by atoms with Crippen molar-refractivity contribution in [3.05, 3.63) is 0 Å². The highest BCUT2D eigenvalue weighted by atomic mass is 16.2. The number of hydrogen-bond acceptors (Lipinski definition) is 4. The Bertz CT molecular complexity index is 364. The van der Waals surface area contributed by atoms with E-state index in [1.165, 1.54) is 0 Å². The summed E-state index contributed by atoms with van der Waals surface area (Å²) in [6, 6.07) is 0. The highest BCUT2D eigenvalue weighted by Crippen LogP contribution is 2.19. The zero-order valence-corrected chi connectivity index (χ0v) is 12.8. The number of hydrogen-bond donors (Lipinski definition) is 1. The van der Waals surface area contributed by atoms with Crippen LogP contribution in [0.25, 0.3) is 0 Å². The number of piperazine rings is 1. The number of nitrogens with zero attached hydrogens (tertiary/aromatic N) is 3. The number of likely N-dealkylation sites (N-methyl/N-ethyl adjacent to an activating group) is 1. The molecule has 6 heteroatoms. The van der Waals surface area contributed by atoms with E-state index in [0.717, 1.165) is 13.1 Å². The lowest BCUT2D eigenvalue weighted by Gasteiger charge is -2.36. The van der Waals surface area contributed by atoms with Crippen molar-refractivity contribution in [3.8, 4) is 0 Å². The van der Waals surface area contributed by atoms with E-state index in [2.05, 4.69) is 12.2 Å². The van der Waals surface area contributed by atoms with Gasteiger partial charge in [-0.15, -0.1) is 0 Å². The number of rotatable bonds is 3. The fourth-order valence-corrected chi connectivity index (χ4v) is 2.92. The summed E-state index contributed by atoms with van der Waals surface area (Å²) < 4.78 is 0. The van der Waals surface area contributed by atoms with Crippen LogP contribution in [0.1, 0.15) is 6.92 Å². The Morgan fingerprint density at radius 2 is 1.70 bits per heavy atom. The first-order valence-corrected chi connectivity index (χ1v) is 7.41. The Balaban J connectivity index is 1.82. The van der Waals surface area contributed by atoms with Crippen LogP contribution in [0.2, 0.25) is 0 Å². The topological polar surface area (TPSA) is 55.9 Å². The summed E-state index contributed by atoms with van der Waals surface area (Å²) in [6.45, 7) is 6.94. The van der Waals surface area contributed by atoms with Crippen LogP contribution in [0.3, 0.4) is 0 Å². The molecule has 0 aromatic carbocycles. The van der Waals surface area contributed by atoms with E-state index < -0.39 is 0 Å². The van der Waals surface area contributed by atoms with Gasteiger partial charge in [0.25, 0.3) is 0 Å². The van der Waals surface area contributed by atoms with Crippen LogP contribution in [-0.2, 0) is 9.59 Å². The molecule has 6 nitrogen and oxygen atoms in total. The van der Waals surface area contributed by atoms with Crippen LogP contribution in [0.15, 0.2) is 0 Å². The quantitative estimate of drug-likeness (QED) is 0.727. The molecule has 0 radical (unpaired) electrons. The molecule has 0 saturated carbocycles. The van der Waals surface area contributed by atoms with Gasteiger partial charge < -0.3 is 20.0 Å². The predicted molar refractivity (Wildman–Crippen MR) is 77.2 cm³/mol. The molecule has 0 bridgehead atoms. The Hall–Kier alpha value is -1.14. The van der Waals surface area contributed by atoms with Crippen molar-refractivity contribution in [2.24, 2.45) is 11.8 Å². The van der Waals surface area contributed by atoms with Gasteiger partial charge in [-0.3, -0.25) is 9.59 Å². The average molecular weight is 282 g/mol. The maximum Gasteiger partial charge on any atom is 0.236 e. The van der Waals surface area contributed by atoms with Gasteiger partial charge in [0.2, 0.25) is 11.8 Å². The molecule has 0 spiro atoms. The lowest BCUT2D eigenvalue weighted by atomic mass is 9.96. The van der Waals surface area contributed by atoms with Crippen LogP contribution in [0.4, 0.5) is 0 Å². The maximum absolute atomic E-state index is 12.4. The molecule has 114 valence electrons. The third-order valence-electron chi connectivity index (χ3n) is 4.23. The highest BCUT2D eigenvalue weighted by Gasteiger charge is 2.34. The minimum Gasteiger partial charge on any atom is -0.339 e. The molecule has 0 unspecified atom stereocenters. The molecule has 2 fully saturated rings. The summed E-state index contributed by atoms with van der Waals surface area (Å²) in [6.07, 6.45) is 0. The first-order valence-electron chi connectivity index (χ1n) is 7.41. The minimum atomic E-state index is 0.110. The SMILES string of the molecule is C[C@@H]1CNC[C@H]1C(=O)N1CCN(C(=O)CN(C)C)CC1. The molecule has 2 aliphatic rings. The first-order chi connectivity index (χ1) is 9.49. The van der Waals surface area contributed by atoms with Crippen LogP contribution < -0.4 is 5.32 Å². The van der Waals surface area contributed by atoms with Crippen molar-refractivity contribution in [3.63, 3.8) is 0 Å². The molecular formula is C14H26N4O2. The zero-order chi connectivity index (χ0) is 14.7. The van der Waals surface area contributed by atoms with Crippen molar-refractivity contribution >= 4 is 11.8 Å². The molecule has 2 rings (SSSR count). The molecule has 2 saturated heterocycles. The summed E-state index contributed by atoms with van der Waals surface area (Å²) >= 11 is 0. The second-order valence-electron chi connectivity index (χ2n) is 6.19. The molecule has 0 aliphatic carbocycles. The second kappa shape index (κ2) is 6.54. The van der Waals surface area contributed by atoms with E-state index in [-0.39, 0.29) is 17.7 Å². The molecule has 20 heavy (non-hydrogen) atoms.